The predicted molar refractivity (Wildman–Crippen MR) is 63.5 cm³/mol. The van der Waals surface area contributed by atoms with Crippen molar-refractivity contribution in [2.75, 3.05) is 39.9 Å². The van der Waals surface area contributed by atoms with Crippen LogP contribution >= 0.6 is 0 Å². The van der Waals surface area contributed by atoms with Crippen LogP contribution < -0.4 is 5.32 Å². The van der Waals surface area contributed by atoms with E-state index < -0.39 is 0 Å². The summed E-state index contributed by atoms with van der Waals surface area (Å²) in [6, 6.07) is 0.463. The molecule has 2 N–H and O–H groups in total. The van der Waals surface area contributed by atoms with Gasteiger partial charge < -0.3 is 20.1 Å². The van der Waals surface area contributed by atoms with Crippen LogP contribution in [0.1, 0.15) is 19.3 Å². The molecule has 2 fully saturated rings. The molecule has 0 aromatic carbocycles. The standard InChI is InChI=1S/C12H24N2O2/c1-14(7-10-3-2-4-16-9-10)8-11-5-12(15)6-13-11/h10-13,15H,2-9H2,1H3. The van der Waals surface area contributed by atoms with E-state index in [0.29, 0.717) is 12.0 Å². The van der Waals surface area contributed by atoms with Crippen LogP contribution in [-0.2, 0) is 4.74 Å². The van der Waals surface area contributed by atoms with Crippen molar-refractivity contribution in [2.24, 2.45) is 5.92 Å². The second-order valence-electron chi connectivity index (χ2n) is 5.30. The first-order valence-corrected chi connectivity index (χ1v) is 6.42. The van der Waals surface area contributed by atoms with Crippen LogP contribution in [0.3, 0.4) is 0 Å². The van der Waals surface area contributed by atoms with E-state index in [-0.39, 0.29) is 6.10 Å². The van der Waals surface area contributed by atoms with Crippen molar-refractivity contribution in [2.45, 2.75) is 31.4 Å². The zero-order valence-corrected chi connectivity index (χ0v) is 10.2. The van der Waals surface area contributed by atoms with Gasteiger partial charge in [0.25, 0.3) is 0 Å². The van der Waals surface area contributed by atoms with E-state index in [2.05, 4.69) is 17.3 Å². The molecule has 0 bridgehead atoms. The van der Waals surface area contributed by atoms with Gasteiger partial charge in [-0.2, -0.15) is 0 Å². The van der Waals surface area contributed by atoms with Crippen LogP contribution in [0.15, 0.2) is 0 Å². The Balaban J connectivity index is 1.65. The predicted octanol–water partition coefficient (Wildman–Crippen LogP) is 0.0676. The van der Waals surface area contributed by atoms with Gasteiger partial charge in [-0.05, 0) is 32.2 Å². The zero-order chi connectivity index (χ0) is 11.4. The van der Waals surface area contributed by atoms with Gasteiger partial charge in [0, 0.05) is 32.3 Å². The Morgan fingerprint density at radius 3 is 2.94 bits per heavy atom. The maximum Gasteiger partial charge on any atom is 0.0680 e. The lowest BCUT2D eigenvalue weighted by Gasteiger charge is -2.28. The van der Waals surface area contributed by atoms with E-state index in [4.69, 9.17) is 4.74 Å². The molecule has 0 aromatic rings. The monoisotopic (exact) mass is 228 g/mol. The summed E-state index contributed by atoms with van der Waals surface area (Å²) in [5.41, 5.74) is 0. The van der Waals surface area contributed by atoms with Crippen LogP contribution in [0, 0.1) is 5.92 Å². The fourth-order valence-electron chi connectivity index (χ4n) is 2.78. The van der Waals surface area contributed by atoms with Gasteiger partial charge in [-0.1, -0.05) is 0 Å². The summed E-state index contributed by atoms with van der Waals surface area (Å²) >= 11 is 0. The molecule has 2 rings (SSSR count). The topological polar surface area (TPSA) is 44.7 Å². The van der Waals surface area contributed by atoms with Crippen molar-refractivity contribution < 1.29 is 9.84 Å². The fourth-order valence-corrected chi connectivity index (χ4v) is 2.78. The van der Waals surface area contributed by atoms with Gasteiger partial charge in [-0.15, -0.1) is 0 Å². The first-order valence-electron chi connectivity index (χ1n) is 6.42. The highest BCUT2D eigenvalue weighted by Crippen LogP contribution is 2.15. The molecule has 0 amide bonds. The summed E-state index contributed by atoms with van der Waals surface area (Å²) in [5, 5.41) is 12.8. The van der Waals surface area contributed by atoms with E-state index in [1.54, 1.807) is 0 Å². The molecule has 4 heteroatoms. The molecule has 0 radical (unpaired) electrons. The number of rotatable bonds is 4. The van der Waals surface area contributed by atoms with Crippen molar-refractivity contribution in [1.82, 2.24) is 10.2 Å². The molecule has 3 unspecified atom stereocenters. The minimum absolute atomic E-state index is 0.142. The second kappa shape index (κ2) is 5.96. The number of aliphatic hydroxyl groups excluding tert-OH is 1. The van der Waals surface area contributed by atoms with Gasteiger partial charge in [-0.3, -0.25) is 0 Å². The molecule has 0 spiro atoms. The summed E-state index contributed by atoms with van der Waals surface area (Å²) in [7, 11) is 2.17. The van der Waals surface area contributed by atoms with E-state index >= 15 is 0 Å². The number of hydrogen-bond acceptors (Lipinski definition) is 4. The first-order chi connectivity index (χ1) is 7.74. The molecule has 0 saturated carbocycles. The molecule has 3 atom stereocenters. The van der Waals surface area contributed by atoms with Crippen LogP contribution in [0.2, 0.25) is 0 Å². The molecular formula is C12H24N2O2. The minimum Gasteiger partial charge on any atom is -0.392 e. The largest absolute Gasteiger partial charge is 0.392 e. The number of nitrogens with zero attached hydrogens (tertiary/aromatic N) is 1. The SMILES string of the molecule is CN(CC1CCCOC1)CC1CC(O)CN1. The number of nitrogens with one attached hydrogen (secondary N) is 1. The number of ether oxygens (including phenoxy) is 1. The molecular weight excluding hydrogens is 204 g/mol. The van der Waals surface area contributed by atoms with Crippen molar-refractivity contribution >= 4 is 0 Å². The van der Waals surface area contributed by atoms with Gasteiger partial charge in [0.05, 0.1) is 12.7 Å². The van der Waals surface area contributed by atoms with Crippen LogP contribution in [0.4, 0.5) is 0 Å². The number of likely N-dealkylation sites (N-methyl/N-ethyl adjacent to an activating group) is 1. The summed E-state index contributed by atoms with van der Waals surface area (Å²) in [6.07, 6.45) is 3.26. The molecule has 2 saturated heterocycles. The Morgan fingerprint density at radius 2 is 2.31 bits per heavy atom. The average Bonchev–Trinajstić information content (AvgIpc) is 2.65. The van der Waals surface area contributed by atoms with Crippen molar-refractivity contribution in [3.8, 4) is 0 Å². The third-order valence-electron chi connectivity index (χ3n) is 3.56. The third-order valence-corrected chi connectivity index (χ3v) is 3.56. The van der Waals surface area contributed by atoms with Gasteiger partial charge >= 0.3 is 0 Å². The van der Waals surface area contributed by atoms with Gasteiger partial charge in [-0.25, -0.2) is 0 Å². The molecule has 94 valence electrons. The zero-order valence-electron chi connectivity index (χ0n) is 10.2. The fraction of sp³-hybridized carbons (Fsp3) is 1.00. The van der Waals surface area contributed by atoms with E-state index in [9.17, 15) is 5.11 Å². The summed E-state index contributed by atoms with van der Waals surface area (Å²) in [4.78, 5) is 2.37. The lowest BCUT2D eigenvalue weighted by Crippen LogP contribution is -2.39. The summed E-state index contributed by atoms with van der Waals surface area (Å²) in [5.74, 6) is 0.699. The molecule has 0 aliphatic carbocycles. The maximum absolute atomic E-state index is 9.43. The molecule has 16 heavy (non-hydrogen) atoms. The molecule has 2 aliphatic heterocycles. The van der Waals surface area contributed by atoms with Crippen LogP contribution in [0.5, 0.6) is 0 Å². The quantitative estimate of drug-likeness (QED) is 0.714. The van der Waals surface area contributed by atoms with E-state index in [0.717, 1.165) is 39.3 Å². The smallest absolute Gasteiger partial charge is 0.0680 e. The average molecular weight is 228 g/mol. The first kappa shape index (κ1) is 12.3. The molecule has 4 nitrogen and oxygen atoms in total. The van der Waals surface area contributed by atoms with Crippen LogP contribution in [-0.4, -0.2) is 62.0 Å². The van der Waals surface area contributed by atoms with Crippen molar-refractivity contribution in [3.05, 3.63) is 0 Å². The lowest BCUT2D eigenvalue weighted by molar-refractivity contribution is 0.0410. The highest BCUT2D eigenvalue weighted by molar-refractivity contribution is 4.83. The lowest BCUT2D eigenvalue weighted by atomic mass is 10.0. The molecule has 0 aromatic heterocycles. The Labute approximate surface area is 98.0 Å². The summed E-state index contributed by atoms with van der Waals surface area (Å²) in [6.45, 7) is 4.77. The maximum atomic E-state index is 9.43. The Morgan fingerprint density at radius 1 is 1.44 bits per heavy atom. The normalized spacial score (nSPS) is 35.8. The Hall–Kier alpha value is -0.160. The number of hydrogen-bond donors (Lipinski definition) is 2. The van der Waals surface area contributed by atoms with Crippen molar-refractivity contribution in [1.29, 1.82) is 0 Å². The molecule has 2 aliphatic rings. The van der Waals surface area contributed by atoms with E-state index in [1.807, 2.05) is 0 Å². The summed E-state index contributed by atoms with van der Waals surface area (Å²) < 4.78 is 5.49. The molecule has 2 heterocycles. The van der Waals surface area contributed by atoms with Crippen LogP contribution in [0.25, 0.3) is 0 Å². The Kier molecular flexibility index (Phi) is 4.58. The Bertz CT molecular complexity index is 200. The van der Waals surface area contributed by atoms with Crippen molar-refractivity contribution in [3.63, 3.8) is 0 Å². The minimum atomic E-state index is -0.142. The highest BCUT2D eigenvalue weighted by Gasteiger charge is 2.24. The van der Waals surface area contributed by atoms with Gasteiger partial charge in [0.2, 0.25) is 0 Å². The van der Waals surface area contributed by atoms with Gasteiger partial charge in [0.1, 0.15) is 0 Å². The number of aliphatic hydroxyl groups is 1. The number of β-amino-alcohol motifs (C(OH)–C–C–N with tert-alkyl or cyclic N) is 1. The third kappa shape index (κ3) is 3.70. The second-order valence-corrected chi connectivity index (χ2v) is 5.30. The highest BCUT2D eigenvalue weighted by atomic mass is 16.5. The van der Waals surface area contributed by atoms with E-state index in [1.165, 1.54) is 12.8 Å². The van der Waals surface area contributed by atoms with Gasteiger partial charge in [0.15, 0.2) is 0 Å².